The number of nitrogens with one attached hydrogen (secondary N) is 2. The summed E-state index contributed by atoms with van der Waals surface area (Å²) in [6.07, 6.45) is 3.24. The van der Waals surface area contributed by atoms with Crippen LogP contribution in [0.1, 0.15) is 44.9 Å². The van der Waals surface area contributed by atoms with E-state index in [2.05, 4.69) is 10.0 Å². The second kappa shape index (κ2) is 5.52. The van der Waals surface area contributed by atoms with Crippen LogP contribution in [-0.4, -0.2) is 20.0 Å². The molecule has 1 aromatic rings. The molecule has 2 N–H and O–H groups in total. The molecular weight excluding hydrogens is 280 g/mol. The zero-order chi connectivity index (χ0) is 14.1. The van der Waals surface area contributed by atoms with Crippen molar-refractivity contribution >= 4 is 21.4 Å². The van der Waals surface area contributed by atoms with Crippen molar-refractivity contribution in [2.24, 2.45) is 0 Å². The Kier molecular flexibility index (Phi) is 4.35. The highest BCUT2D eigenvalue weighted by Gasteiger charge is 2.26. The molecule has 0 atom stereocenters. The average Bonchev–Trinajstić information content (AvgIpc) is 3.01. The Labute approximate surface area is 119 Å². The third kappa shape index (κ3) is 4.27. The van der Waals surface area contributed by atoms with Crippen molar-refractivity contribution in [3.63, 3.8) is 0 Å². The molecule has 0 saturated heterocycles. The van der Waals surface area contributed by atoms with Crippen molar-refractivity contribution < 1.29 is 8.42 Å². The van der Waals surface area contributed by atoms with E-state index < -0.39 is 15.6 Å². The zero-order valence-corrected chi connectivity index (χ0v) is 13.3. The summed E-state index contributed by atoms with van der Waals surface area (Å²) in [4.78, 5) is 1.07. The Morgan fingerprint density at radius 3 is 2.63 bits per heavy atom. The normalized spacial score (nSPS) is 16.8. The van der Waals surface area contributed by atoms with Gasteiger partial charge in [-0.15, -0.1) is 11.3 Å². The lowest BCUT2D eigenvalue weighted by Crippen LogP contribution is -2.42. The molecule has 0 aromatic carbocycles. The molecule has 1 saturated carbocycles. The van der Waals surface area contributed by atoms with E-state index in [0.29, 0.717) is 10.3 Å². The first kappa shape index (κ1) is 15.0. The van der Waals surface area contributed by atoms with E-state index in [1.54, 1.807) is 6.07 Å². The molecule has 6 heteroatoms. The molecule has 1 aliphatic carbocycles. The number of hydrogen-bond donors (Lipinski definition) is 2. The van der Waals surface area contributed by atoms with Gasteiger partial charge in [0.15, 0.2) is 0 Å². The lowest BCUT2D eigenvalue weighted by Gasteiger charge is -2.23. The predicted octanol–water partition coefficient (Wildman–Crippen LogP) is 2.47. The molecule has 0 spiro atoms. The van der Waals surface area contributed by atoms with Gasteiger partial charge in [0.05, 0.1) is 0 Å². The van der Waals surface area contributed by atoms with Crippen LogP contribution < -0.4 is 10.0 Å². The van der Waals surface area contributed by atoms with Crippen LogP contribution in [0, 0.1) is 0 Å². The summed E-state index contributed by atoms with van der Waals surface area (Å²) >= 11 is 1.35. The fourth-order valence-electron chi connectivity index (χ4n) is 1.62. The third-order valence-corrected chi connectivity index (χ3v) is 6.61. The van der Waals surface area contributed by atoms with Gasteiger partial charge in [-0.1, -0.05) is 6.92 Å². The van der Waals surface area contributed by atoms with Crippen molar-refractivity contribution in [2.45, 2.75) is 62.4 Å². The third-order valence-electron chi connectivity index (χ3n) is 3.34. The monoisotopic (exact) mass is 302 g/mol. The highest BCUT2D eigenvalue weighted by molar-refractivity contribution is 7.91. The van der Waals surface area contributed by atoms with Gasteiger partial charge in [0.2, 0.25) is 0 Å². The first-order chi connectivity index (χ1) is 8.82. The standard InChI is InChI=1S/C13H22N2O2S2/c1-4-13(2,3)15-19(16,17)12-8-7-11(18-12)9-14-10-5-6-10/h7-8,10,14-15H,4-6,9H2,1-3H3. The molecule has 0 aliphatic heterocycles. The van der Waals surface area contributed by atoms with Crippen LogP contribution in [0.15, 0.2) is 16.3 Å². The maximum Gasteiger partial charge on any atom is 0.250 e. The summed E-state index contributed by atoms with van der Waals surface area (Å²) in [5.41, 5.74) is -0.407. The Balaban J connectivity index is 2.03. The molecule has 19 heavy (non-hydrogen) atoms. The molecular formula is C13H22N2O2S2. The molecule has 1 heterocycles. The van der Waals surface area contributed by atoms with Gasteiger partial charge < -0.3 is 5.32 Å². The fourth-order valence-corrected chi connectivity index (χ4v) is 4.41. The van der Waals surface area contributed by atoms with Crippen LogP contribution in [0.3, 0.4) is 0 Å². The highest BCUT2D eigenvalue weighted by Crippen LogP contribution is 2.25. The van der Waals surface area contributed by atoms with E-state index >= 15 is 0 Å². The maximum atomic E-state index is 12.2. The summed E-state index contributed by atoms with van der Waals surface area (Å²) in [7, 11) is -3.39. The largest absolute Gasteiger partial charge is 0.309 e. The predicted molar refractivity (Wildman–Crippen MR) is 78.9 cm³/mol. The Morgan fingerprint density at radius 2 is 2.05 bits per heavy atom. The van der Waals surface area contributed by atoms with Crippen molar-refractivity contribution in [1.82, 2.24) is 10.0 Å². The summed E-state index contributed by atoms with van der Waals surface area (Å²) in [5, 5.41) is 3.39. The van der Waals surface area contributed by atoms with E-state index in [0.717, 1.165) is 17.8 Å². The Morgan fingerprint density at radius 1 is 1.37 bits per heavy atom. The molecule has 0 amide bonds. The van der Waals surface area contributed by atoms with E-state index in [1.807, 2.05) is 26.8 Å². The second-order valence-electron chi connectivity index (χ2n) is 5.72. The number of rotatable bonds is 7. The van der Waals surface area contributed by atoms with E-state index in [1.165, 1.54) is 24.2 Å². The smallest absolute Gasteiger partial charge is 0.250 e. The topological polar surface area (TPSA) is 58.2 Å². The van der Waals surface area contributed by atoms with Crippen LogP contribution in [0.5, 0.6) is 0 Å². The van der Waals surface area contributed by atoms with Gasteiger partial charge in [-0.05, 0) is 45.2 Å². The Bertz CT molecular complexity index is 531. The van der Waals surface area contributed by atoms with Crippen molar-refractivity contribution in [3.8, 4) is 0 Å². The number of hydrogen-bond acceptors (Lipinski definition) is 4. The summed E-state index contributed by atoms with van der Waals surface area (Å²) in [6.45, 7) is 6.53. The first-order valence-corrected chi connectivity index (χ1v) is 8.98. The number of sulfonamides is 1. The molecule has 108 valence electrons. The fraction of sp³-hybridized carbons (Fsp3) is 0.692. The molecule has 1 aromatic heterocycles. The van der Waals surface area contributed by atoms with Crippen LogP contribution >= 0.6 is 11.3 Å². The molecule has 1 aliphatic rings. The molecule has 0 radical (unpaired) electrons. The summed E-state index contributed by atoms with van der Waals surface area (Å²) < 4.78 is 27.7. The second-order valence-corrected chi connectivity index (χ2v) is 8.80. The van der Waals surface area contributed by atoms with Crippen molar-refractivity contribution in [2.75, 3.05) is 0 Å². The lowest BCUT2D eigenvalue weighted by atomic mass is 10.0. The van der Waals surface area contributed by atoms with Gasteiger partial charge in [-0.3, -0.25) is 0 Å². The van der Waals surface area contributed by atoms with E-state index in [4.69, 9.17) is 0 Å². The first-order valence-electron chi connectivity index (χ1n) is 6.68. The summed E-state index contributed by atoms with van der Waals surface area (Å²) in [6, 6.07) is 4.23. The number of thiophene rings is 1. The van der Waals surface area contributed by atoms with Crippen LogP contribution in [0.25, 0.3) is 0 Å². The van der Waals surface area contributed by atoms with Gasteiger partial charge in [0.25, 0.3) is 10.0 Å². The van der Waals surface area contributed by atoms with E-state index in [-0.39, 0.29) is 0 Å². The van der Waals surface area contributed by atoms with Crippen LogP contribution in [0.2, 0.25) is 0 Å². The maximum absolute atomic E-state index is 12.2. The minimum atomic E-state index is -3.39. The van der Waals surface area contributed by atoms with Crippen molar-refractivity contribution in [1.29, 1.82) is 0 Å². The van der Waals surface area contributed by atoms with Gasteiger partial charge in [-0.25, -0.2) is 13.1 Å². The SMILES string of the molecule is CCC(C)(C)NS(=O)(=O)c1ccc(CNC2CC2)s1. The molecule has 2 rings (SSSR count). The zero-order valence-electron chi connectivity index (χ0n) is 11.7. The minimum absolute atomic E-state index is 0.404. The summed E-state index contributed by atoms with van der Waals surface area (Å²) in [5.74, 6) is 0. The van der Waals surface area contributed by atoms with Crippen molar-refractivity contribution in [3.05, 3.63) is 17.0 Å². The molecule has 1 fully saturated rings. The van der Waals surface area contributed by atoms with Gasteiger partial charge in [0, 0.05) is 23.0 Å². The molecule has 0 unspecified atom stereocenters. The quantitative estimate of drug-likeness (QED) is 0.813. The van der Waals surface area contributed by atoms with Crippen LogP contribution in [-0.2, 0) is 16.6 Å². The Hall–Kier alpha value is -0.430. The molecule has 0 bridgehead atoms. The van der Waals surface area contributed by atoms with Gasteiger partial charge >= 0.3 is 0 Å². The van der Waals surface area contributed by atoms with Crippen LogP contribution in [0.4, 0.5) is 0 Å². The highest BCUT2D eigenvalue weighted by atomic mass is 32.2. The minimum Gasteiger partial charge on any atom is -0.309 e. The van der Waals surface area contributed by atoms with Gasteiger partial charge in [-0.2, -0.15) is 0 Å². The van der Waals surface area contributed by atoms with E-state index in [9.17, 15) is 8.42 Å². The lowest BCUT2D eigenvalue weighted by molar-refractivity contribution is 0.440. The average molecular weight is 302 g/mol. The van der Waals surface area contributed by atoms with Gasteiger partial charge in [0.1, 0.15) is 4.21 Å². The molecule has 4 nitrogen and oxygen atoms in total.